The molecule has 0 amide bonds. The average Bonchev–Trinajstić information content (AvgIpc) is 2.64. The summed E-state index contributed by atoms with van der Waals surface area (Å²) < 4.78 is 5.71. The lowest BCUT2D eigenvalue weighted by atomic mass is 10.1. The van der Waals surface area contributed by atoms with Crippen molar-refractivity contribution in [3.63, 3.8) is 0 Å². The van der Waals surface area contributed by atoms with Crippen LogP contribution in [0.5, 0.6) is 0 Å². The highest BCUT2D eigenvalue weighted by molar-refractivity contribution is 4.79. The van der Waals surface area contributed by atoms with Crippen LogP contribution in [0.3, 0.4) is 0 Å². The van der Waals surface area contributed by atoms with Gasteiger partial charge in [-0.25, -0.2) is 0 Å². The fourth-order valence-corrected chi connectivity index (χ4v) is 2.79. The van der Waals surface area contributed by atoms with Gasteiger partial charge in [-0.3, -0.25) is 4.90 Å². The minimum atomic E-state index is 0.483. The van der Waals surface area contributed by atoms with Crippen molar-refractivity contribution < 1.29 is 4.74 Å². The molecule has 2 atom stereocenters. The van der Waals surface area contributed by atoms with E-state index in [1.54, 1.807) is 0 Å². The normalized spacial score (nSPS) is 34.2. The predicted molar refractivity (Wildman–Crippen MR) is 61.9 cm³/mol. The first-order valence-electron chi connectivity index (χ1n) is 6.46. The first-order chi connectivity index (χ1) is 7.40. The second-order valence-corrected chi connectivity index (χ2v) is 4.87. The Labute approximate surface area is 93.0 Å². The minimum Gasteiger partial charge on any atom is -0.377 e. The molecule has 0 spiro atoms. The molecular weight excluding hydrogens is 188 g/mol. The molecule has 2 heterocycles. The van der Waals surface area contributed by atoms with Gasteiger partial charge in [-0.1, -0.05) is 12.8 Å². The molecule has 0 radical (unpaired) electrons. The zero-order valence-electron chi connectivity index (χ0n) is 9.66. The molecule has 2 saturated heterocycles. The van der Waals surface area contributed by atoms with Crippen LogP contribution < -0.4 is 5.73 Å². The molecule has 2 fully saturated rings. The van der Waals surface area contributed by atoms with Crippen LogP contribution in [0, 0.1) is 0 Å². The third kappa shape index (κ3) is 3.16. The predicted octanol–water partition coefficient (Wildman–Crippen LogP) is 1.37. The number of nitrogens with zero attached hydrogens (tertiary/aromatic N) is 1. The standard InChI is InChI=1S/C12H24N2O/c13-9-11-5-2-1-3-7-14(11)10-12-6-4-8-15-12/h11-12H,1-10,13H2. The Hall–Kier alpha value is -0.120. The molecule has 0 aromatic carbocycles. The van der Waals surface area contributed by atoms with Crippen molar-refractivity contribution in [3.8, 4) is 0 Å². The summed E-state index contributed by atoms with van der Waals surface area (Å²) in [5.74, 6) is 0. The Morgan fingerprint density at radius 2 is 2.07 bits per heavy atom. The van der Waals surface area contributed by atoms with Crippen LogP contribution in [0.15, 0.2) is 0 Å². The van der Waals surface area contributed by atoms with Crippen LogP contribution in [-0.4, -0.2) is 43.3 Å². The first kappa shape index (κ1) is 11.4. The molecule has 15 heavy (non-hydrogen) atoms. The largest absolute Gasteiger partial charge is 0.377 e. The van der Waals surface area contributed by atoms with Gasteiger partial charge in [-0.05, 0) is 32.2 Å². The number of likely N-dealkylation sites (tertiary alicyclic amines) is 1. The molecular formula is C12H24N2O. The smallest absolute Gasteiger partial charge is 0.0702 e. The molecule has 0 bridgehead atoms. The summed E-state index contributed by atoms with van der Waals surface area (Å²) in [5, 5.41) is 0. The maximum absolute atomic E-state index is 5.85. The van der Waals surface area contributed by atoms with Gasteiger partial charge in [-0.15, -0.1) is 0 Å². The fraction of sp³-hybridized carbons (Fsp3) is 1.00. The van der Waals surface area contributed by atoms with Crippen LogP contribution in [0.25, 0.3) is 0 Å². The van der Waals surface area contributed by atoms with Crippen molar-refractivity contribution in [2.75, 3.05) is 26.2 Å². The fourth-order valence-electron chi connectivity index (χ4n) is 2.79. The summed E-state index contributed by atoms with van der Waals surface area (Å²) in [6.07, 6.45) is 8.31. The van der Waals surface area contributed by atoms with E-state index >= 15 is 0 Å². The van der Waals surface area contributed by atoms with E-state index in [1.807, 2.05) is 0 Å². The van der Waals surface area contributed by atoms with Gasteiger partial charge in [0.05, 0.1) is 6.10 Å². The Bertz CT molecular complexity index is 180. The molecule has 2 aliphatic rings. The molecule has 0 aromatic rings. The van der Waals surface area contributed by atoms with Crippen molar-refractivity contribution in [2.45, 2.75) is 50.7 Å². The lowest BCUT2D eigenvalue weighted by molar-refractivity contribution is 0.0592. The van der Waals surface area contributed by atoms with Crippen molar-refractivity contribution in [2.24, 2.45) is 5.73 Å². The Morgan fingerprint density at radius 3 is 2.80 bits per heavy atom. The number of rotatable bonds is 3. The number of hydrogen-bond donors (Lipinski definition) is 1. The maximum atomic E-state index is 5.85. The van der Waals surface area contributed by atoms with Crippen LogP contribution in [0.1, 0.15) is 38.5 Å². The lowest BCUT2D eigenvalue weighted by Crippen LogP contribution is -2.43. The van der Waals surface area contributed by atoms with Gasteiger partial charge >= 0.3 is 0 Å². The van der Waals surface area contributed by atoms with E-state index in [1.165, 1.54) is 45.1 Å². The lowest BCUT2D eigenvalue weighted by Gasteiger charge is -2.30. The monoisotopic (exact) mass is 212 g/mol. The van der Waals surface area contributed by atoms with Crippen LogP contribution in [0.4, 0.5) is 0 Å². The Kier molecular flexibility index (Phi) is 4.42. The summed E-state index contributed by atoms with van der Waals surface area (Å²) in [5.41, 5.74) is 5.85. The second kappa shape index (κ2) is 5.83. The first-order valence-corrected chi connectivity index (χ1v) is 6.46. The van der Waals surface area contributed by atoms with Gasteiger partial charge in [0.1, 0.15) is 0 Å². The van der Waals surface area contributed by atoms with E-state index in [4.69, 9.17) is 10.5 Å². The van der Waals surface area contributed by atoms with E-state index < -0.39 is 0 Å². The van der Waals surface area contributed by atoms with Crippen molar-refractivity contribution >= 4 is 0 Å². The van der Waals surface area contributed by atoms with Crippen molar-refractivity contribution in [3.05, 3.63) is 0 Å². The minimum absolute atomic E-state index is 0.483. The Balaban J connectivity index is 1.85. The molecule has 2 unspecified atom stereocenters. The molecule has 0 saturated carbocycles. The summed E-state index contributed by atoms with van der Waals surface area (Å²) in [4.78, 5) is 2.57. The molecule has 0 aliphatic carbocycles. The average molecular weight is 212 g/mol. The summed E-state index contributed by atoms with van der Waals surface area (Å²) in [6.45, 7) is 4.11. The Morgan fingerprint density at radius 1 is 1.13 bits per heavy atom. The summed E-state index contributed by atoms with van der Waals surface area (Å²) in [7, 11) is 0. The molecule has 2 N–H and O–H groups in total. The maximum Gasteiger partial charge on any atom is 0.0702 e. The quantitative estimate of drug-likeness (QED) is 0.768. The zero-order valence-corrected chi connectivity index (χ0v) is 9.66. The van der Waals surface area contributed by atoms with Crippen molar-refractivity contribution in [1.82, 2.24) is 4.90 Å². The van der Waals surface area contributed by atoms with Gasteiger partial charge in [-0.2, -0.15) is 0 Å². The molecule has 2 rings (SSSR count). The molecule has 88 valence electrons. The second-order valence-electron chi connectivity index (χ2n) is 4.87. The van der Waals surface area contributed by atoms with E-state index in [2.05, 4.69) is 4.90 Å². The van der Waals surface area contributed by atoms with Gasteiger partial charge in [0.25, 0.3) is 0 Å². The van der Waals surface area contributed by atoms with Gasteiger partial charge < -0.3 is 10.5 Å². The molecule has 3 nitrogen and oxygen atoms in total. The van der Waals surface area contributed by atoms with Gasteiger partial charge in [0.15, 0.2) is 0 Å². The van der Waals surface area contributed by atoms with Crippen molar-refractivity contribution in [1.29, 1.82) is 0 Å². The van der Waals surface area contributed by atoms with E-state index in [0.29, 0.717) is 12.1 Å². The van der Waals surface area contributed by atoms with Crippen LogP contribution >= 0.6 is 0 Å². The SMILES string of the molecule is NCC1CCCCCN1CC1CCCO1. The summed E-state index contributed by atoms with van der Waals surface area (Å²) in [6, 6.07) is 0.608. The molecule has 2 aliphatic heterocycles. The number of ether oxygens (including phenoxy) is 1. The molecule has 0 aromatic heterocycles. The van der Waals surface area contributed by atoms with Gasteiger partial charge in [0, 0.05) is 25.7 Å². The van der Waals surface area contributed by atoms with E-state index in [0.717, 1.165) is 19.7 Å². The molecule has 3 heteroatoms. The van der Waals surface area contributed by atoms with Crippen LogP contribution in [0.2, 0.25) is 0 Å². The third-order valence-corrected chi connectivity index (χ3v) is 3.73. The van der Waals surface area contributed by atoms with Crippen LogP contribution in [-0.2, 0) is 4.74 Å². The van der Waals surface area contributed by atoms with Gasteiger partial charge in [0.2, 0.25) is 0 Å². The number of hydrogen-bond acceptors (Lipinski definition) is 3. The number of nitrogens with two attached hydrogens (primary N) is 1. The highest BCUT2D eigenvalue weighted by Gasteiger charge is 2.24. The highest BCUT2D eigenvalue weighted by atomic mass is 16.5. The van der Waals surface area contributed by atoms with E-state index in [9.17, 15) is 0 Å². The topological polar surface area (TPSA) is 38.5 Å². The summed E-state index contributed by atoms with van der Waals surface area (Å²) >= 11 is 0. The highest BCUT2D eigenvalue weighted by Crippen LogP contribution is 2.20. The van der Waals surface area contributed by atoms with E-state index in [-0.39, 0.29) is 0 Å². The third-order valence-electron chi connectivity index (χ3n) is 3.73. The zero-order chi connectivity index (χ0) is 10.5.